The lowest BCUT2D eigenvalue weighted by molar-refractivity contribution is -0.121. The summed E-state index contributed by atoms with van der Waals surface area (Å²) in [7, 11) is 3.14. The zero-order valence-corrected chi connectivity index (χ0v) is 20.3. The molecular weight excluding hydrogens is 463 g/mol. The first-order chi connectivity index (χ1) is 17.5. The van der Waals surface area contributed by atoms with Crippen LogP contribution in [0.3, 0.4) is 0 Å². The zero-order chi connectivity index (χ0) is 25.5. The highest BCUT2D eigenvalue weighted by Gasteiger charge is 2.33. The van der Waals surface area contributed by atoms with Gasteiger partial charge >= 0.3 is 6.03 Å². The minimum atomic E-state index is -0.449. The van der Waals surface area contributed by atoms with Gasteiger partial charge in [-0.2, -0.15) is 0 Å². The van der Waals surface area contributed by atoms with Crippen LogP contribution < -0.4 is 20.1 Å². The van der Waals surface area contributed by atoms with E-state index < -0.39 is 6.04 Å². The normalized spacial score (nSPS) is 14.5. The summed E-state index contributed by atoms with van der Waals surface area (Å²) in [4.78, 5) is 31.1. The van der Waals surface area contributed by atoms with Crippen LogP contribution in [0, 0.1) is 5.82 Å². The average molecular weight is 493 g/mol. The molecule has 0 bridgehead atoms. The lowest BCUT2D eigenvalue weighted by Crippen LogP contribution is -2.46. The van der Waals surface area contributed by atoms with E-state index in [1.54, 1.807) is 43.6 Å². The number of carbonyl (C=O) groups excluding carboxylic acids is 2. The summed E-state index contributed by atoms with van der Waals surface area (Å²) >= 11 is 0. The number of methoxy groups -OCH3 is 2. The number of hydrogen-bond acceptors (Lipinski definition) is 5. The van der Waals surface area contributed by atoms with Gasteiger partial charge in [0.15, 0.2) is 11.5 Å². The number of nitrogens with one attached hydrogen (secondary N) is 2. The number of amides is 3. The van der Waals surface area contributed by atoms with E-state index in [-0.39, 0.29) is 30.7 Å². The largest absolute Gasteiger partial charge is 0.493 e. The van der Waals surface area contributed by atoms with Crippen LogP contribution in [0.25, 0.3) is 0 Å². The van der Waals surface area contributed by atoms with Crippen LogP contribution in [-0.2, 0) is 17.8 Å². The Morgan fingerprint density at radius 1 is 1.03 bits per heavy atom. The van der Waals surface area contributed by atoms with Crippen LogP contribution in [0.4, 0.5) is 9.18 Å². The van der Waals surface area contributed by atoms with Crippen molar-refractivity contribution in [1.82, 2.24) is 20.5 Å². The minimum absolute atomic E-state index is 0.146. The predicted octanol–water partition coefficient (Wildman–Crippen LogP) is 3.60. The lowest BCUT2D eigenvalue weighted by atomic mass is 9.88. The number of nitrogens with zero attached hydrogens (tertiary/aromatic N) is 2. The molecule has 2 N–H and O–H groups in total. The Morgan fingerprint density at radius 3 is 2.42 bits per heavy atom. The van der Waals surface area contributed by atoms with E-state index in [1.165, 1.54) is 12.1 Å². The van der Waals surface area contributed by atoms with Gasteiger partial charge in [-0.05, 0) is 65.1 Å². The number of hydrogen-bond donors (Lipinski definition) is 2. The van der Waals surface area contributed by atoms with Gasteiger partial charge in [-0.1, -0.05) is 12.1 Å². The number of ether oxygens (including phenoxy) is 2. The van der Waals surface area contributed by atoms with E-state index >= 15 is 0 Å². The molecule has 4 rings (SSSR count). The predicted molar refractivity (Wildman–Crippen MR) is 132 cm³/mol. The van der Waals surface area contributed by atoms with Gasteiger partial charge in [-0.25, -0.2) is 9.18 Å². The van der Waals surface area contributed by atoms with Gasteiger partial charge in [-0.3, -0.25) is 9.78 Å². The highest BCUT2D eigenvalue weighted by atomic mass is 19.1. The summed E-state index contributed by atoms with van der Waals surface area (Å²) in [5.41, 5.74) is 3.63. The topological polar surface area (TPSA) is 92.8 Å². The molecule has 188 valence electrons. The molecule has 1 aliphatic heterocycles. The van der Waals surface area contributed by atoms with Crippen molar-refractivity contribution in [1.29, 1.82) is 0 Å². The molecule has 0 unspecified atom stereocenters. The van der Waals surface area contributed by atoms with Gasteiger partial charge in [-0.15, -0.1) is 0 Å². The van der Waals surface area contributed by atoms with E-state index in [2.05, 4.69) is 15.6 Å². The summed E-state index contributed by atoms with van der Waals surface area (Å²) in [6, 6.07) is 12.8. The summed E-state index contributed by atoms with van der Waals surface area (Å²) in [5.74, 6) is 0.653. The molecule has 0 radical (unpaired) electrons. The maximum atomic E-state index is 13.7. The van der Waals surface area contributed by atoms with E-state index in [1.807, 2.05) is 24.3 Å². The molecule has 1 atom stereocenters. The molecule has 0 saturated heterocycles. The van der Waals surface area contributed by atoms with Crippen molar-refractivity contribution in [2.45, 2.75) is 25.4 Å². The van der Waals surface area contributed by atoms with Crippen LogP contribution in [0.5, 0.6) is 11.5 Å². The van der Waals surface area contributed by atoms with Crippen LogP contribution in [-0.4, -0.2) is 49.1 Å². The summed E-state index contributed by atoms with van der Waals surface area (Å²) in [6.07, 6.45) is 4.10. The van der Waals surface area contributed by atoms with Crippen LogP contribution in [0.15, 0.2) is 60.9 Å². The second-order valence-corrected chi connectivity index (χ2v) is 8.42. The number of pyridine rings is 1. The number of fused-ring (bicyclic) bond motifs is 1. The van der Waals surface area contributed by atoms with Crippen LogP contribution >= 0.6 is 0 Å². The second-order valence-electron chi connectivity index (χ2n) is 8.42. The molecule has 8 nitrogen and oxygen atoms in total. The summed E-state index contributed by atoms with van der Waals surface area (Å²) in [6.45, 7) is 1.03. The molecule has 3 amide bonds. The summed E-state index contributed by atoms with van der Waals surface area (Å²) in [5, 5.41) is 5.70. The first-order valence-electron chi connectivity index (χ1n) is 11.7. The maximum Gasteiger partial charge on any atom is 0.318 e. The van der Waals surface area contributed by atoms with Crippen LogP contribution in [0.2, 0.25) is 0 Å². The van der Waals surface area contributed by atoms with Gasteiger partial charge < -0.3 is 25.0 Å². The molecule has 36 heavy (non-hydrogen) atoms. The van der Waals surface area contributed by atoms with Gasteiger partial charge in [0.25, 0.3) is 0 Å². The first-order valence-corrected chi connectivity index (χ1v) is 11.7. The third-order valence-corrected chi connectivity index (χ3v) is 6.19. The first kappa shape index (κ1) is 25.0. The van der Waals surface area contributed by atoms with E-state index in [0.29, 0.717) is 31.0 Å². The van der Waals surface area contributed by atoms with Crippen molar-refractivity contribution in [3.63, 3.8) is 0 Å². The fourth-order valence-corrected chi connectivity index (χ4v) is 4.34. The fourth-order valence-electron chi connectivity index (χ4n) is 4.34. The number of benzene rings is 2. The lowest BCUT2D eigenvalue weighted by Gasteiger charge is -2.38. The second kappa shape index (κ2) is 11.5. The van der Waals surface area contributed by atoms with Gasteiger partial charge in [0.1, 0.15) is 5.82 Å². The fraction of sp³-hybridized carbons (Fsp3) is 0.296. The molecule has 1 aromatic heterocycles. The quantitative estimate of drug-likeness (QED) is 0.501. The molecule has 0 fully saturated rings. The number of urea groups is 1. The highest BCUT2D eigenvalue weighted by molar-refractivity contribution is 5.79. The SMILES string of the molecule is COc1cc2c(cc1OC)[C@@H](c1ccc(F)cc1)N(C(=O)NCCC(=O)NCc1ccncc1)CC2. The van der Waals surface area contributed by atoms with E-state index in [0.717, 1.165) is 22.3 Å². The molecule has 3 aromatic rings. The molecule has 2 heterocycles. The van der Waals surface area contributed by atoms with Crippen molar-refractivity contribution in [2.24, 2.45) is 0 Å². The molecule has 0 aliphatic carbocycles. The number of halogens is 1. The Balaban J connectivity index is 1.47. The molecule has 0 saturated carbocycles. The minimum Gasteiger partial charge on any atom is -0.493 e. The maximum absolute atomic E-state index is 13.7. The Hall–Kier alpha value is -4.14. The molecular formula is C27H29FN4O4. The average Bonchev–Trinajstić information content (AvgIpc) is 2.91. The van der Waals surface area contributed by atoms with E-state index in [4.69, 9.17) is 9.47 Å². The smallest absolute Gasteiger partial charge is 0.318 e. The molecule has 9 heteroatoms. The standard InChI is InChI=1S/C27H29FN4O4/c1-35-23-15-20-10-14-32(26(22(20)16-24(23)36-2)19-3-5-21(28)6-4-19)27(34)30-13-9-25(33)31-17-18-7-11-29-12-8-18/h3-8,11-12,15-16,26H,9-10,13-14,17H2,1-2H3,(H,30,34)(H,31,33)/t26-/m1/s1. The Labute approximate surface area is 209 Å². The monoisotopic (exact) mass is 492 g/mol. The van der Waals surface area contributed by atoms with Crippen LogP contribution in [0.1, 0.15) is 34.7 Å². The summed E-state index contributed by atoms with van der Waals surface area (Å²) < 4.78 is 24.6. The Morgan fingerprint density at radius 2 is 1.72 bits per heavy atom. The zero-order valence-electron chi connectivity index (χ0n) is 20.3. The Kier molecular flexibility index (Phi) is 7.99. The molecule has 2 aromatic carbocycles. The van der Waals surface area contributed by atoms with Crippen molar-refractivity contribution >= 4 is 11.9 Å². The van der Waals surface area contributed by atoms with Crippen molar-refractivity contribution in [3.05, 3.63) is 89.0 Å². The van der Waals surface area contributed by atoms with Gasteiger partial charge in [0.05, 0.1) is 20.3 Å². The molecule has 0 spiro atoms. The number of carbonyl (C=O) groups is 2. The Bertz CT molecular complexity index is 1200. The van der Waals surface area contributed by atoms with Gasteiger partial charge in [0, 0.05) is 38.4 Å². The number of rotatable bonds is 8. The van der Waals surface area contributed by atoms with Gasteiger partial charge in [0.2, 0.25) is 5.91 Å². The van der Waals surface area contributed by atoms with E-state index in [9.17, 15) is 14.0 Å². The molecule has 1 aliphatic rings. The highest BCUT2D eigenvalue weighted by Crippen LogP contribution is 2.41. The van der Waals surface area contributed by atoms with Crippen molar-refractivity contribution in [2.75, 3.05) is 27.3 Å². The third kappa shape index (κ3) is 5.73. The number of aromatic nitrogens is 1. The van der Waals surface area contributed by atoms with Crippen molar-refractivity contribution < 1.29 is 23.5 Å². The van der Waals surface area contributed by atoms with Crippen molar-refractivity contribution in [3.8, 4) is 11.5 Å². The third-order valence-electron chi connectivity index (χ3n) is 6.19.